The normalized spacial score (nSPS) is 14.8. The molecule has 9 nitrogen and oxygen atoms in total. The minimum atomic E-state index is -3.58. The van der Waals surface area contributed by atoms with Gasteiger partial charge in [-0.15, -0.1) is 0 Å². The standard InChI is InChI=1S/C20H21N5O4S/c1-13-10-17-18(24(3)30(28,29)23(17)2)11-16(13)22-19(26)8-9-25-12-21-15-7-5-4-6-14(15)20(25)27/h4-7,10-12H,8-9H2,1-3H3,(H,22,26). The predicted molar refractivity (Wildman–Crippen MR) is 116 cm³/mol. The molecule has 1 amide bonds. The quantitative estimate of drug-likeness (QED) is 0.684. The first kappa shape index (κ1) is 19.9. The first-order valence-corrected chi connectivity index (χ1v) is 10.7. The summed E-state index contributed by atoms with van der Waals surface area (Å²) in [6.45, 7) is 1.98. The van der Waals surface area contributed by atoms with Crippen molar-refractivity contribution in [3.63, 3.8) is 0 Å². The first-order chi connectivity index (χ1) is 14.2. The topological polar surface area (TPSA) is 105 Å². The number of carbonyl (C=O) groups excluding carboxylic acids is 1. The number of carbonyl (C=O) groups is 1. The van der Waals surface area contributed by atoms with Crippen LogP contribution in [0.1, 0.15) is 12.0 Å². The summed E-state index contributed by atoms with van der Waals surface area (Å²) < 4.78 is 28.4. The molecule has 1 aliphatic heterocycles. The van der Waals surface area contributed by atoms with Gasteiger partial charge in [0.15, 0.2) is 0 Å². The second-order valence-corrected chi connectivity index (χ2v) is 9.15. The monoisotopic (exact) mass is 427 g/mol. The summed E-state index contributed by atoms with van der Waals surface area (Å²) in [6, 6.07) is 10.4. The van der Waals surface area contributed by atoms with Gasteiger partial charge in [-0.3, -0.25) is 22.8 Å². The third kappa shape index (κ3) is 3.18. The Balaban J connectivity index is 1.51. The summed E-state index contributed by atoms with van der Waals surface area (Å²) in [5.41, 5.74) is 2.73. The highest BCUT2D eigenvalue weighted by Crippen LogP contribution is 2.41. The van der Waals surface area contributed by atoms with Gasteiger partial charge in [-0.1, -0.05) is 12.1 Å². The number of nitrogens with zero attached hydrogens (tertiary/aromatic N) is 4. The largest absolute Gasteiger partial charge is 0.326 e. The lowest BCUT2D eigenvalue weighted by Crippen LogP contribution is -2.32. The van der Waals surface area contributed by atoms with E-state index in [4.69, 9.17) is 0 Å². The molecule has 0 spiro atoms. The number of benzene rings is 2. The molecule has 0 fully saturated rings. The fourth-order valence-electron chi connectivity index (χ4n) is 3.45. The molecule has 0 unspecified atom stereocenters. The number of nitrogens with one attached hydrogen (secondary N) is 1. The molecule has 156 valence electrons. The van der Waals surface area contributed by atoms with Gasteiger partial charge < -0.3 is 5.32 Å². The molecule has 4 rings (SSSR count). The SMILES string of the molecule is Cc1cc2c(cc1NC(=O)CCn1cnc3ccccc3c1=O)N(C)S(=O)(=O)N2C. The van der Waals surface area contributed by atoms with Gasteiger partial charge in [0, 0.05) is 32.7 Å². The number of hydrogen-bond donors (Lipinski definition) is 1. The molecule has 3 aromatic rings. The molecule has 10 heteroatoms. The van der Waals surface area contributed by atoms with Crippen molar-refractivity contribution < 1.29 is 13.2 Å². The van der Waals surface area contributed by atoms with Crippen LogP contribution in [0.5, 0.6) is 0 Å². The van der Waals surface area contributed by atoms with Crippen molar-refractivity contribution >= 4 is 44.1 Å². The van der Waals surface area contributed by atoms with Crippen LogP contribution in [0, 0.1) is 6.92 Å². The van der Waals surface area contributed by atoms with E-state index in [0.29, 0.717) is 28.0 Å². The Morgan fingerprint density at radius 1 is 1.10 bits per heavy atom. The summed E-state index contributed by atoms with van der Waals surface area (Å²) in [5.74, 6) is -0.282. The van der Waals surface area contributed by atoms with E-state index in [1.807, 2.05) is 6.07 Å². The Labute approximate surface area is 173 Å². The lowest BCUT2D eigenvalue weighted by molar-refractivity contribution is -0.116. The van der Waals surface area contributed by atoms with Crippen molar-refractivity contribution in [2.24, 2.45) is 0 Å². The second kappa shape index (κ2) is 7.13. The average Bonchev–Trinajstić information content (AvgIpc) is 2.88. The van der Waals surface area contributed by atoms with Crippen LogP contribution in [-0.2, 0) is 21.5 Å². The van der Waals surface area contributed by atoms with Crippen LogP contribution >= 0.6 is 0 Å². The minimum absolute atomic E-state index is 0.0739. The van der Waals surface area contributed by atoms with E-state index in [2.05, 4.69) is 10.3 Å². The molecule has 1 aliphatic rings. The van der Waals surface area contributed by atoms with Gasteiger partial charge in [-0.2, -0.15) is 8.42 Å². The van der Waals surface area contributed by atoms with E-state index in [9.17, 15) is 18.0 Å². The predicted octanol–water partition coefficient (Wildman–Crippen LogP) is 1.86. The highest BCUT2D eigenvalue weighted by atomic mass is 32.2. The number of fused-ring (bicyclic) bond motifs is 2. The number of hydrogen-bond acceptors (Lipinski definition) is 5. The first-order valence-electron chi connectivity index (χ1n) is 9.31. The maximum atomic E-state index is 12.5. The van der Waals surface area contributed by atoms with E-state index < -0.39 is 10.2 Å². The number of anilines is 3. The number of aryl methyl sites for hydroxylation is 2. The zero-order valence-electron chi connectivity index (χ0n) is 16.8. The van der Waals surface area contributed by atoms with E-state index in [-0.39, 0.29) is 24.4 Å². The number of para-hydroxylation sites is 1. The average molecular weight is 427 g/mol. The number of rotatable bonds is 4. The Hall–Kier alpha value is -3.40. The fraction of sp³-hybridized carbons (Fsp3) is 0.250. The van der Waals surface area contributed by atoms with Crippen LogP contribution in [0.25, 0.3) is 10.9 Å². The number of aromatic nitrogens is 2. The zero-order valence-corrected chi connectivity index (χ0v) is 17.6. The third-order valence-corrected chi connectivity index (χ3v) is 7.06. The van der Waals surface area contributed by atoms with Crippen LogP contribution in [0.2, 0.25) is 0 Å². The van der Waals surface area contributed by atoms with Crippen LogP contribution < -0.4 is 19.5 Å². The molecule has 0 saturated carbocycles. The third-order valence-electron chi connectivity index (χ3n) is 5.28. The molecule has 30 heavy (non-hydrogen) atoms. The summed E-state index contributed by atoms with van der Waals surface area (Å²) in [5, 5.41) is 3.32. The van der Waals surface area contributed by atoms with Crippen molar-refractivity contribution in [3.05, 3.63) is 58.6 Å². The molecule has 2 heterocycles. The van der Waals surface area contributed by atoms with Crippen LogP contribution in [0.15, 0.2) is 47.5 Å². The van der Waals surface area contributed by atoms with E-state index in [1.54, 1.807) is 37.3 Å². The van der Waals surface area contributed by atoms with Gasteiger partial charge in [0.1, 0.15) is 0 Å². The summed E-state index contributed by atoms with van der Waals surface area (Å²) in [6.07, 6.45) is 1.51. The van der Waals surface area contributed by atoms with E-state index in [1.165, 1.54) is 33.6 Å². The maximum Gasteiger partial charge on any atom is 0.326 e. The van der Waals surface area contributed by atoms with E-state index in [0.717, 1.165) is 5.56 Å². The highest BCUT2D eigenvalue weighted by molar-refractivity contribution is 7.94. The Morgan fingerprint density at radius 2 is 1.77 bits per heavy atom. The van der Waals surface area contributed by atoms with Gasteiger partial charge in [0.05, 0.1) is 28.6 Å². The molecule has 2 aromatic carbocycles. The van der Waals surface area contributed by atoms with Crippen molar-refractivity contribution in [1.82, 2.24) is 9.55 Å². The molecule has 1 aromatic heterocycles. The van der Waals surface area contributed by atoms with Gasteiger partial charge >= 0.3 is 10.2 Å². The van der Waals surface area contributed by atoms with Crippen molar-refractivity contribution in [2.45, 2.75) is 19.9 Å². The molecular weight excluding hydrogens is 406 g/mol. The summed E-state index contributed by atoms with van der Waals surface area (Å²) in [7, 11) is -0.624. The van der Waals surface area contributed by atoms with Crippen molar-refractivity contribution in [3.8, 4) is 0 Å². The molecule has 0 radical (unpaired) electrons. The lowest BCUT2D eigenvalue weighted by atomic mass is 10.1. The molecule has 0 atom stereocenters. The van der Waals surface area contributed by atoms with Crippen molar-refractivity contribution in [1.29, 1.82) is 0 Å². The van der Waals surface area contributed by atoms with Crippen LogP contribution in [0.4, 0.5) is 17.1 Å². The van der Waals surface area contributed by atoms with Gasteiger partial charge in [0.25, 0.3) is 5.56 Å². The molecule has 0 bridgehead atoms. The smallest absolute Gasteiger partial charge is 0.326 e. The molecular formula is C20H21N5O4S. The van der Waals surface area contributed by atoms with Crippen LogP contribution in [-0.4, -0.2) is 38.0 Å². The zero-order chi connectivity index (χ0) is 21.6. The molecule has 1 N–H and O–H groups in total. The van der Waals surface area contributed by atoms with E-state index >= 15 is 0 Å². The summed E-state index contributed by atoms with van der Waals surface area (Å²) in [4.78, 5) is 29.3. The summed E-state index contributed by atoms with van der Waals surface area (Å²) >= 11 is 0. The van der Waals surface area contributed by atoms with Crippen LogP contribution in [0.3, 0.4) is 0 Å². The fourth-order valence-corrected chi connectivity index (χ4v) is 4.61. The van der Waals surface area contributed by atoms with Gasteiger partial charge in [-0.05, 0) is 36.8 Å². The van der Waals surface area contributed by atoms with Crippen molar-refractivity contribution in [2.75, 3.05) is 28.0 Å². The molecule has 0 aliphatic carbocycles. The number of amides is 1. The molecule has 0 saturated heterocycles. The Morgan fingerprint density at radius 3 is 2.50 bits per heavy atom. The highest BCUT2D eigenvalue weighted by Gasteiger charge is 2.36. The Bertz CT molecular complexity index is 1330. The van der Waals surface area contributed by atoms with Gasteiger partial charge in [-0.25, -0.2) is 4.98 Å². The second-order valence-electron chi connectivity index (χ2n) is 7.16. The lowest BCUT2D eigenvalue weighted by Gasteiger charge is -2.13. The van der Waals surface area contributed by atoms with Gasteiger partial charge in [0.2, 0.25) is 5.91 Å². The minimum Gasteiger partial charge on any atom is -0.326 e. The Kier molecular flexibility index (Phi) is 4.73. The maximum absolute atomic E-state index is 12.5.